The second-order valence-corrected chi connectivity index (χ2v) is 26.7. The van der Waals surface area contributed by atoms with Crippen molar-refractivity contribution in [3.63, 3.8) is 0 Å². The molecule has 10 nitrogen and oxygen atoms in total. The monoisotopic (exact) mass is 1300 g/mol. The van der Waals surface area contributed by atoms with E-state index in [4.69, 9.17) is 28.4 Å². The van der Waals surface area contributed by atoms with Crippen molar-refractivity contribution >= 4 is 102 Å². The number of benzene rings is 14. The topological polar surface area (TPSA) is 124 Å². The molecule has 14 aromatic carbocycles. The van der Waals surface area contributed by atoms with E-state index in [2.05, 4.69) is 88.4 Å². The van der Waals surface area contributed by atoms with Crippen LogP contribution in [0.2, 0.25) is 0 Å². The lowest BCUT2D eigenvalue weighted by atomic mass is 9.31. The Labute approximate surface area is 577 Å². The van der Waals surface area contributed by atoms with Crippen LogP contribution in [-0.2, 0) is 45.4 Å². The molecule has 0 fully saturated rings. The van der Waals surface area contributed by atoms with Crippen LogP contribution in [0.5, 0.6) is 23.0 Å². The van der Waals surface area contributed by atoms with E-state index in [1.165, 1.54) is 0 Å². The first-order chi connectivity index (χ1) is 48.9. The third-order valence-electron chi connectivity index (χ3n) is 20.6. The number of fused-ring (bicyclic) bond motifs is 8. The van der Waals surface area contributed by atoms with Crippen LogP contribution in [-0.4, -0.2) is 37.3 Å². The minimum atomic E-state index is -0.519. The van der Waals surface area contributed by atoms with Crippen molar-refractivity contribution in [1.82, 2.24) is 0 Å². The summed E-state index contributed by atoms with van der Waals surface area (Å²) in [6.07, 6.45) is 0. The van der Waals surface area contributed by atoms with Crippen molar-refractivity contribution in [3.8, 4) is 67.5 Å². The fourth-order valence-electron chi connectivity index (χ4n) is 16.1. The minimum absolute atomic E-state index is 0.0564. The summed E-state index contributed by atoms with van der Waals surface area (Å²) in [5.41, 5.74) is 22.1. The molecule has 12 heteroatoms. The van der Waals surface area contributed by atoms with Gasteiger partial charge in [0.15, 0.2) is 0 Å². The van der Waals surface area contributed by atoms with Gasteiger partial charge < -0.3 is 28.4 Å². The molecule has 0 saturated carbocycles. The Balaban J connectivity index is 0.935. The molecule has 0 atom stereocenters. The van der Waals surface area contributed by atoms with Gasteiger partial charge in [-0.15, -0.1) is 0 Å². The number of hydrogen-bond donors (Lipinski definition) is 0. The Bertz CT molecular complexity index is 5410. The molecule has 18 rings (SSSR count). The van der Waals surface area contributed by atoms with Crippen LogP contribution in [0, 0.1) is 27.7 Å². The van der Waals surface area contributed by atoms with Gasteiger partial charge in [0.2, 0.25) is 0 Å². The highest BCUT2D eigenvalue weighted by atomic mass is 16.5. The zero-order chi connectivity index (χ0) is 67.6. The molecule has 0 N–H and O–H groups in total. The van der Waals surface area contributed by atoms with Crippen molar-refractivity contribution in [2.75, 3.05) is 0 Å². The van der Waals surface area contributed by atoms with Gasteiger partial charge in [0.05, 0.1) is 22.3 Å². The van der Waals surface area contributed by atoms with Gasteiger partial charge in [-0.1, -0.05) is 193 Å². The molecule has 4 heterocycles. The molecule has 4 aliphatic rings. The standard InChI is InChI=1S/C88H60B2O10/c1-49-19-17-20-50(2)77(49)61-41-63-67-35-59(87(93)97-47-55-27-13-7-14-28-55)39-75-83(67)90(70-34-32-58(38-74(70)99-75)86(92)96-46-54-25-11-6-12-26-54)72-44-66-62(78-51(3)21-18-22-52(78)4)42-64-68-36-60(88(94)98-48-56-29-15-8-16-30-56)40-76-84(68)89(71-43-65(61)81(79(63)72)82(66)80(64)71)69-33-31-57(37-73(69)100-76)85(91)95-45-53-23-9-5-10-24-53/h5-44H,45-48H2,1-4H3. The summed E-state index contributed by atoms with van der Waals surface area (Å²) < 4.78 is 38.6. The lowest BCUT2D eigenvalue weighted by molar-refractivity contribution is 0.0463. The molecular formula is C88H60B2O10. The Kier molecular flexibility index (Phi) is 14.3. The molecule has 0 saturated heterocycles. The molecule has 0 radical (unpaired) electrons. The average molecular weight is 1300 g/mol. The summed E-state index contributed by atoms with van der Waals surface area (Å²) in [4.78, 5) is 58.2. The molecule has 0 unspecified atom stereocenters. The van der Waals surface area contributed by atoms with Crippen LogP contribution >= 0.6 is 0 Å². The van der Waals surface area contributed by atoms with E-state index in [-0.39, 0.29) is 26.4 Å². The normalized spacial score (nSPS) is 12.4. The first-order valence-corrected chi connectivity index (χ1v) is 33.7. The molecule has 14 aromatic rings. The maximum absolute atomic E-state index is 14.9. The number of hydrogen-bond acceptors (Lipinski definition) is 10. The fraction of sp³-hybridized carbons (Fsp3) is 0.0909. The number of aryl methyl sites for hydroxylation is 4. The largest absolute Gasteiger partial charge is 0.458 e. The van der Waals surface area contributed by atoms with Gasteiger partial charge in [0.25, 0.3) is 13.4 Å². The summed E-state index contributed by atoms with van der Waals surface area (Å²) in [6, 6.07) is 79.5. The van der Waals surface area contributed by atoms with Gasteiger partial charge in [0, 0.05) is 0 Å². The molecule has 4 aliphatic heterocycles. The highest BCUT2D eigenvalue weighted by Gasteiger charge is 2.46. The number of carbonyl (C=O) groups excluding carboxylic acids is 4. The Morgan fingerprint density at radius 1 is 0.290 bits per heavy atom. The number of ether oxygens (including phenoxy) is 6. The predicted molar refractivity (Wildman–Crippen MR) is 395 cm³/mol. The van der Waals surface area contributed by atoms with Gasteiger partial charge in [-0.05, 0) is 232 Å². The third kappa shape index (κ3) is 9.87. The van der Waals surface area contributed by atoms with Crippen molar-refractivity contribution < 1.29 is 47.6 Å². The average Bonchev–Trinajstić information content (AvgIpc) is 0.666. The van der Waals surface area contributed by atoms with E-state index >= 15 is 0 Å². The molecular weight excluding hydrogens is 1240 g/mol. The van der Waals surface area contributed by atoms with Crippen LogP contribution in [0.4, 0.5) is 0 Å². The SMILES string of the molecule is Cc1cccc(C)c1-c1cc2c3c(cc4c(-c5c(C)cccc5C)cc5c6c(cc1c3c46)B1c3ccc(C(=O)OCc4ccccc4)cc3Oc3cc(C(=O)OCc4ccccc4)cc-5c31)B1c3ccc(C(=O)OCc4ccccc4)cc3Oc3cc(C(=O)OCc4ccccc4)cc-2c31. The Hall–Kier alpha value is -12.3. The smallest absolute Gasteiger partial charge is 0.338 e. The zero-order valence-corrected chi connectivity index (χ0v) is 55.2. The molecule has 0 aromatic heterocycles. The summed E-state index contributed by atoms with van der Waals surface area (Å²) >= 11 is 0. The summed E-state index contributed by atoms with van der Waals surface area (Å²) in [5.74, 6) is -0.179. The van der Waals surface area contributed by atoms with E-state index in [0.717, 1.165) is 154 Å². The molecule has 478 valence electrons. The van der Waals surface area contributed by atoms with E-state index in [0.29, 0.717) is 45.3 Å². The third-order valence-corrected chi connectivity index (χ3v) is 20.6. The Morgan fingerprint density at radius 2 is 0.610 bits per heavy atom. The van der Waals surface area contributed by atoms with Crippen molar-refractivity contribution in [1.29, 1.82) is 0 Å². The zero-order valence-electron chi connectivity index (χ0n) is 55.2. The summed E-state index contributed by atoms with van der Waals surface area (Å²) in [6.45, 7) is 7.98. The molecule has 0 amide bonds. The predicted octanol–water partition coefficient (Wildman–Crippen LogP) is 15.8. The lowest BCUT2D eigenvalue weighted by Gasteiger charge is -2.38. The maximum atomic E-state index is 14.9. The van der Waals surface area contributed by atoms with Gasteiger partial charge >= 0.3 is 23.9 Å². The fourth-order valence-corrected chi connectivity index (χ4v) is 16.1. The first kappa shape index (κ1) is 60.2. The van der Waals surface area contributed by atoms with Crippen molar-refractivity contribution in [2.24, 2.45) is 0 Å². The molecule has 0 aliphatic carbocycles. The maximum Gasteiger partial charge on any atom is 0.338 e. The van der Waals surface area contributed by atoms with E-state index in [9.17, 15) is 19.2 Å². The second-order valence-electron chi connectivity index (χ2n) is 26.7. The lowest BCUT2D eigenvalue weighted by Crippen LogP contribution is -2.58. The van der Waals surface area contributed by atoms with E-state index in [1.807, 2.05) is 158 Å². The Morgan fingerprint density at radius 3 is 0.950 bits per heavy atom. The van der Waals surface area contributed by atoms with Crippen molar-refractivity contribution in [2.45, 2.75) is 54.1 Å². The molecule has 100 heavy (non-hydrogen) atoms. The van der Waals surface area contributed by atoms with Crippen LogP contribution in [0.15, 0.2) is 243 Å². The van der Waals surface area contributed by atoms with Gasteiger partial charge in [-0.25, -0.2) is 19.2 Å². The minimum Gasteiger partial charge on any atom is -0.458 e. The van der Waals surface area contributed by atoms with Gasteiger partial charge in [-0.2, -0.15) is 0 Å². The van der Waals surface area contributed by atoms with Gasteiger partial charge in [0.1, 0.15) is 49.4 Å². The van der Waals surface area contributed by atoms with Gasteiger partial charge in [-0.3, -0.25) is 0 Å². The summed E-state index contributed by atoms with van der Waals surface area (Å²) in [5, 5.41) is 6.09. The quantitative estimate of drug-likeness (QED) is 0.0450. The van der Waals surface area contributed by atoms with Crippen LogP contribution in [0.25, 0.3) is 76.8 Å². The molecule has 0 bridgehead atoms. The highest BCUT2D eigenvalue weighted by Crippen LogP contribution is 2.52. The van der Waals surface area contributed by atoms with E-state index < -0.39 is 37.3 Å². The number of carbonyl (C=O) groups is 4. The van der Waals surface area contributed by atoms with E-state index in [1.54, 1.807) is 24.3 Å². The van der Waals surface area contributed by atoms with Crippen LogP contribution < -0.4 is 42.3 Å². The highest BCUT2D eigenvalue weighted by molar-refractivity contribution is 7.01. The molecule has 0 spiro atoms. The van der Waals surface area contributed by atoms with Crippen LogP contribution in [0.3, 0.4) is 0 Å². The second kappa shape index (κ2) is 23.8. The van der Waals surface area contributed by atoms with Crippen molar-refractivity contribution in [3.05, 3.63) is 309 Å². The van der Waals surface area contributed by atoms with Crippen LogP contribution in [0.1, 0.15) is 85.9 Å². The summed E-state index contributed by atoms with van der Waals surface area (Å²) in [7, 11) is 0. The number of esters is 4. The first-order valence-electron chi connectivity index (χ1n) is 33.7. The number of rotatable bonds is 14.